The summed E-state index contributed by atoms with van der Waals surface area (Å²) < 4.78 is 3.00. The number of carbonyl (C=O) groups excluding carboxylic acids is 1. The van der Waals surface area contributed by atoms with E-state index in [0.717, 1.165) is 36.2 Å². The van der Waals surface area contributed by atoms with Crippen molar-refractivity contribution in [2.45, 2.75) is 39.7 Å². The van der Waals surface area contributed by atoms with Gasteiger partial charge in [-0.2, -0.15) is 0 Å². The fourth-order valence-electron chi connectivity index (χ4n) is 2.74. The molecule has 3 nitrogen and oxygen atoms in total. The molecule has 100 valence electrons. The first-order chi connectivity index (χ1) is 8.65. The Morgan fingerprint density at radius 3 is 2.94 bits per heavy atom. The molecule has 1 amide bonds. The third kappa shape index (κ3) is 2.79. The Bertz CT molecular complexity index is 427. The van der Waals surface area contributed by atoms with Crippen molar-refractivity contribution in [3.05, 3.63) is 22.4 Å². The Kier molecular flexibility index (Phi) is 4.49. The van der Waals surface area contributed by atoms with Gasteiger partial charge in [-0.1, -0.05) is 13.3 Å². The molecular formula is C14H21BrN2O. The molecule has 1 aromatic rings. The van der Waals surface area contributed by atoms with E-state index in [0.29, 0.717) is 5.92 Å². The number of aromatic nitrogens is 1. The summed E-state index contributed by atoms with van der Waals surface area (Å²) in [5.41, 5.74) is 0.807. The second kappa shape index (κ2) is 5.91. The first kappa shape index (κ1) is 13.7. The molecule has 1 fully saturated rings. The summed E-state index contributed by atoms with van der Waals surface area (Å²) in [5, 5.41) is 0. The van der Waals surface area contributed by atoms with Gasteiger partial charge in [0.15, 0.2) is 0 Å². The number of likely N-dealkylation sites (tertiary alicyclic amines) is 1. The average molecular weight is 313 g/mol. The van der Waals surface area contributed by atoms with Crippen LogP contribution in [0.4, 0.5) is 0 Å². The molecule has 1 atom stereocenters. The zero-order chi connectivity index (χ0) is 13.1. The summed E-state index contributed by atoms with van der Waals surface area (Å²) in [7, 11) is 0. The van der Waals surface area contributed by atoms with Crippen LogP contribution in [-0.4, -0.2) is 28.5 Å². The molecule has 2 rings (SSSR count). The molecule has 1 saturated heterocycles. The summed E-state index contributed by atoms with van der Waals surface area (Å²) in [6.07, 6.45) is 5.59. The first-order valence-electron chi connectivity index (χ1n) is 6.80. The van der Waals surface area contributed by atoms with Gasteiger partial charge in [-0.25, -0.2) is 0 Å². The van der Waals surface area contributed by atoms with Crippen LogP contribution in [0, 0.1) is 5.92 Å². The van der Waals surface area contributed by atoms with Crippen molar-refractivity contribution in [2.24, 2.45) is 5.92 Å². The smallest absolute Gasteiger partial charge is 0.270 e. The Balaban J connectivity index is 2.07. The third-order valence-corrected chi connectivity index (χ3v) is 4.13. The Morgan fingerprint density at radius 1 is 1.50 bits per heavy atom. The van der Waals surface area contributed by atoms with Gasteiger partial charge >= 0.3 is 0 Å². The van der Waals surface area contributed by atoms with Gasteiger partial charge in [0.25, 0.3) is 5.91 Å². The lowest BCUT2D eigenvalue weighted by atomic mass is 10.0. The minimum Gasteiger partial charge on any atom is -0.343 e. The zero-order valence-corrected chi connectivity index (χ0v) is 12.7. The van der Waals surface area contributed by atoms with E-state index in [1.165, 1.54) is 12.8 Å². The SMILES string of the molecule is CCCC1CCN(C(=O)c2cc(Br)cn2CC)C1. The second-order valence-electron chi connectivity index (χ2n) is 5.02. The van der Waals surface area contributed by atoms with Gasteiger partial charge in [-0.15, -0.1) is 0 Å². The lowest BCUT2D eigenvalue weighted by molar-refractivity contribution is 0.0776. The number of hydrogen-bond donors (Lipinski definition) is 0. The summed E-state index contributed by atoms with van der Waals surface area (Å²) in [6.45, 7) is 6.95. The van der Waals surface area contributed by atoms with E-state index in [1.807, 2.05) is 21.7 Å². The highest BCUT2D eigenvalue weighted by atomic mass is 79.9. The van der Waals surface area contributed by atoms with Crippen molar-refractivity contribution >= 4 is 21.8 Å². The molecule has 0 bridgehead atoms. The molecule has 1 unspecified atom stereocenters. The molecule has 0 aromatic carbocycles. The fraction of sp³-hybridized carbons (Fsp3) is 0.643. The highest BCUT2D eigenvalue weighted by Gasteiger charge is 2.27. The Hall–Kier alpha value is -0.770. The van der Waals surface area contributed by atoms with Crippen molar-refractivity contribution in [3.8, 4) is 0 Å². The largest absolute Gasteiger partial charge is 0.343 e. The minimum atomic E-state index is 0.182. The van der Waals surface area contributed by atoms with E-state index in [2.05, 4.69) is 29.8 Å². The highest BCUT2D eigenvalue weighted by molar-refractivity contribution is 9.10. The first-order valence-corrected chi connectivity index (χ1v) is 7.60. The van der Waals surface area contributed by atoms with Gasteiger partial charge < -0.3 is 9.47 Å². The molecule has 0 aliphatic carbocycles. The molecule has 1 aliphatic heterocycles. The van der Waals surface area contributed by atoms with Gasteiger partial charge in [-0.3, -0.25) is 4.79 Å². The number of amides is 1. The van der Waals surface area contributed by atoms with E-state index in [9.17, 15) is 4.79 Å². The van der Waals surface area contributed by atoms with Crippen LogP contribution in [-0.2, 0) is 6.54 Å². The number of halogens is 1. The van der Waals surface area contributed by atoms with Crippen molar-refractivity contribution < 1.29 is 4.79 Å². The van der Waals surface area contributed by atoms with Crippen LogP contribution in [0.25, 0.3) is 0 Å². The van der Waals surface area contributed by atoms with E-state index >= 15 is 0 Å². The van der Waals surface area contributed by atoms with Crippen LogP contribution < -0.4 is 0 Å². The van der Waals surface area contributed by atoms with Crippen LogP contribution in [0.1, 0.15) is 43.6 Å². The van der Waals surface area contributed by atoms with Crippen LogP contribution >= 0.6 is 15.9 Å². The molecule has 2 heterocycles. The minimum absolute atomic E-state index is 0.182. The standard InChI is InChI=1S/C14H21BrN2O/c1-3-5-11-6-7-17(9-11)14(18)13-8-12(15)10-16(13)4-2/h8,10-11H,3-7,9H2,1-2H3. The van der Waals surface area contributed by atoms with Crippen LogP contribution in [0.3, 0.4) is 0 Å². The molecule has 0 spiro atoms. The molecule has 0 N–H and O–H groups in total. The van der Waals surface area contributed by atoms with Gasteiger partial charge in [0.05, 0.1) is 0 Å². The summed E-state index contributed by atoms with van der Waals surface area (Å²) in [6, 6.07) is 1.93. The predicted octanol–water partition coefficient (Wildman–Crippen LogP) is 3.53. The molecule has 0 radical (unpaired) electrons. The lowest BCUT2D eigenvalue weighted by Crippen LogP contribution is -2.30. The maximum Gasteiger partial charge on any atom is 0.270 e. The monoisotopic (exact) mass is 312 g/mol. The number of rotatable bonds is 4. The zero-order valence-electron chi connectivity index (χ0n) is 11.2. The second-order valence-corrected chi connectivity index (χ2v) is 5.94. The maximum atomic E-state index is 12.5. The highest BCUT2D eigenvalue weighted by Crippen LogP contribution is 2.24. The number of nitrogens with zero attached hydrogens (tertiary/aromatic N) is 2. The van der Waals surface area contributed by atoms with Crippen molar-refractivity contribution in [1.29, 1.82) is 0 Å². The lowest BCUT2D eigenvalue weighted by Gasteiger charge is -2.17. The van der Waals surface area contributed by atoms with Crippen LogP contribution in [0.15, 0.2) is 16.7 Å². The van der Waals surface area contributed by atoms with Gasteiger partial charge in [0.1, 0.15) is 5.69 Å². The van der Waals surface area contributed by atoms with Crippen molar-refractivity contribution in [3.63, 3.8) is 0 Å². The summed E-state index contributed by atoms with van der Waals surface area (Å²) in [4.78, 5) is 14.5. The number of carbonyl (C=O) groups is 1. The van der Waals surface area contributed by atoms with Crippen molar-refractivity contribution in [2.75, 3.05) is 13.1 Å². The molecule has 1 aliphatic rings. The normalized spacial score (nSPS) is 19.5. The van der Waals surface area contributed by atoms with E-state index in [-0.39, 0.29) is 5.91 Å². The fourth-order valence-corrected chi connectivity index (χ4v) is 3.20. The van der Waals surface area contributed by atoms with Crippen LogP contribution in [0.2, 0.25) is 0 Å². The van der Waals surface area contributed by atoms with Crippen LogP contribution in [0.5, 0.6) is 0 Å². The quantitative estimate of drug-likeness (QED) is 0.835. The Labute approximate surface area is 117 Å². The molecule has 1 aromatic heterocycles. The molecular weight excluding hydrogens is 292 g/mol. The Morgan fingerprint density at radius 2 is 2.28 bits per heavy atom. The topological polar surface area (TPSA) is 25.2 Å². The maximum absolute atomic E-state index is 12.5. The van der Waals surface area contributed by atoms with E-state index in [1.54, 1.807) is 0 Å². The molecule has 4 heteroatoms. The van der Waals surface area contributed by atoms with Gasteiger partial charge in [0.2, 0.25) is 0 Å². The predicted molar refractivity (Wildman–Crippen MR) is 76.7 cm³/mol. The number of aryl methyl sites for hydroxylation is 1. The summed E-state index contributed by atoms with van der Waals surface area (Å²) >= 11 is 3.45. The van der Waals surface area contributed by atoms with E-state index < -0.39 is 0 Å². The van der Waals surface area contributed by atoms with E-state index in [4.69, 9.17) is 0 Å². The van der Waals surface area contributed by atoms with Gasteiger partial charge in [0, 0.05) is 30.3 Å². The molecule has 0 saturated carbocycles. The summed E-state index contributed by atoms with van der Waals surface area (Å²) in [5.74, 6) is 0.883. The van der Waals surface area contributed by atoms with Crippen molar-refractivity contribution in [1.82, 2.24) is 9.47 Å². The number of hydrogen-bond acceptors (Lipinski definition) is 1. The third-order valence-electron chi connectivity index (χ3n) is 3.69. The molecule has 18 heavy (non-hydrogen) atoms. The van der Waals surface area contributed by atoms with Gasteiger partial charge in [-0.05, 0) is 47.7 Å². The average Bonchev–Trinajstić information content (AvgIpc) is 2.95.